The standard InChI is InChI=1S/C15H20F2N2O/c1-18-7-6-11(8-18)9-19(2)10-14(20)15-12(16)4-3-5-13(15)17/h3-5,11H,6-10H2,1-2H3. The number of Topliss-reactive ketones (excluding diaryl/α,β-unsaturated/α-hetero) is 1. The largest absolute Gasteiger partial charge is 0.306 e. The quantitative estimate of drug-likeness (QED) is 0.772. The molecule has 1 aromatic rings. The number of likely N-dealkylation sites (tertiary alicyclic amines) is 1. The number of rotatable bonds is 5. The van der Waals surface area contributed by atoms with E-state index in [4.69, 9.17) is 0 Å². The number of hydrogen-bond acceptors (Lipinski definition) is 3. The lowest BCUT2D eigenvalue weighted by Crippen LogP contribution is -2.32. The molecule has 3 nitrogen and oxygen atoms in total. The van der Waals surface area contributed by atoms with Gasteiger partial charge in [0, 0.05) is 13.1 Å². The number of carbonyl (C=O) groups is 1. The number of hydrogen-bond donors (Lipinski definition) is 0. The van der Waals surface area contributed by atoms with Gasteiger partial charge >= 0.3 is 0 Å². The van der Waals surface area contributed by atoms with Crippen LogP contribution >= 0.6 is 0 Å². The van der Waals surface area contributed by atoms with E-state index in [1.54, 1.807) is 0 Å². The molecule has 0 N–H and O–H groups in total. The Morgan fingerprint density at radius 3 is 2.60 bits per heavy atom. The molecule has 0 amide bonds. The second kappa shape index (κ2) is 6.41. The van der Waals surface area contributed by atoms with Crippen LogP contribution in [-0.4, -0.2) is 55.9 Å². The SMILES string of the molecule is CN1CCC(CN(C)CC(=O)c2c(F)cccc2F)C1. The predicted molar refractivity (Wildman–Crippen MR) is 73.8 cm³/mol. The van der Waals surface area contributed by atoms with Crippen LogP contribution in [0.25, 0.3) is 0 Å². The molecule has 0 radical (unpaired) electrons. The number of halogens is 2. The molecule has 0 bridgehead atoms. The van der Waals surface area contributed by atoms with Crippen molar-refractivity contribution in [2.45, 2.75) is 6.42 Å². The van der Waals surface area contributed by atoms with Gasteiger partial charge in [0.1, 0.15) is 11.6 Å². The van der Waals surface area contributed by atoms with Gasteiger partial charge in [0.2, 0.25) is 0 Å². The molecule has 0 spiro atoms. The number of carbonyl (C=O) groups excluding carboxylic acids is 1. The Kier molecular flexibility index (Phi) is 4.83. The highest BCUT2D eigenvalue weighted by Crippen LogP contribution is 2.16. The first-order valence-corrected chi connectivity index (χ1v) is 6.81. The number of benzene rings is 1. The minimum atomic E-state index is -0.788. The Morgan fingerprint density at radius 1 is 1.40 bits per heavy atom. The molecule has 1 aliphatic rings. The molecule has 1 aliphatic heterocycles. The van der Waals surface area contributed by atoms with Gasteiger partial charge in [-0.3, -0.25) is 9.69 Å². The van der Waals surface area contributed by atoms with Gasteiger partial charge < -0.3 is 4.90 Å². The van der Waals surface area contributed by atoms with Crippen molar-refractivity contribution in [3.63, 3.8) is 0 Å². The molecular weight excluding hydrogens is 262 g/mol. The maximum atomic E-state index is 13.5. The van der Waals surface area contributed by atoms with Crippen LogP contribution in [0, 0.1) is 17.6 Å². The molecule has 1 saturated heterocycles. The zero-order valence-electron chi connectivity index (χ0n) is 11.9. The molecule has 2 rings (SSSR count). The summed E-state index contributed by atoms with van der Waals surface area (Å²) in [5, 5.41) is 0. The molecular formula is C15H20F2N2O. The number of nitrogens with zero attached hydrogens (tertiary/aromatic N) is 2. The Balaban J connectivity index is 1.94. The highest BCUT2D eigenvalue weighted by atomic mass is 19.1. The highest BCUT2D eigenvalue weighted by molar-refractivity contribution is 5.98. The fourth-order valence-electron chi connectivity index (χ4n) is 2.77. The maximum absolute atomic E-state index is 13.5. The fourth-order valence-corrected chi connectivity index (χ4v) is 2.77. The van der Waals surface area contributed by atoms with Crippen LogP contribution in [0.2, 0.25) is 0 Å². The fraction of sp³-hybridized carbons (Fsp3) is 0.533. The van der Waals surface area contributed by atoms with Crippen LogP contribution in [0.15, 0.2) is 18.2 Å². The third kappa shape index (κ3) is 3.61. The second-order valence-electron chi connectivity index (χ2n) is 5.63. The van der Waals surface area contributed by atoms with E-state index in [1.807, 2.05) is 11.9 Å². The van der Waals surface area contributed by atoms with E-state index >= 15 is 0 Å². The van der Waals surface area contributed by atoms with E-state index in [0.717, 1.165) is 38.2 Å². The molecule has 0 aliphatic carbocycles. The van der Waals surface area contributed by atoms with Crippen LogP contribution in [0.3, 0.4) is 0 Å². The first-order valence-electron chi connectivity index (χ1n) is 6.81. The summed E-state index contributed by atoms with van der Waals surface area (Å²) in [5.41, 5.74) is -0.428. The van der Waals surface area contributed by atoms with E-state index in [-0.39, 0.29) is 6.54 Å². The smallest absolute Gasteiger partial charge is 0.182 e. The topological polar surface area (TPSA) is 23.6 Å². The summed E-state index contributed by atoms with van der Waals surface area (Å²) < 4.78 is 27.0. The van der Waals surface area contributed by atoms with Gasteiger partial charge in [0.15, 0.2) is 5.78 Å². The molecule has 5 heteroatoms. The van der Waals surface area contributed by atoms with Crippen molar-refractivity contribution in [2.24, 2.45) is 5.92 Å². The van der Waals surface area contributed by atoms with Crippen molar-refractivity contribution in [2.75, 3.05) is 40.3 Å². The van der Waals surface area contributed by atoms with Crippen molar-refractivity contribution in [1.82, 2.24) is 9.80 Å². The van der Waals surface area contributed by atoms with E-state index < -0.39 is 23.0 Å². The summed E-state index contributed by atoms with van der Waals surface area (Å²) in [6.45, 7) is 2.88. The Morgan fingerprint density at radius 2 is 2.05 bits per heavy atom. The van der Waals surface area contributed by atoms with Crippen molar-refractivity contribution in [3.05, 3.63) is 35.4 Å². The molecule has 1 atom stereocenters. The Bertz CT molecular complexity index is 473. The van der Waals surface area contributed by atoms with Gasteiger partial charge in [-0.05, 0) is 45.1 Å². The average molecular weight is 282 g/mol. The molecule has 0 aromatic heterocycles. The number of ketones is 1. The lowest BCUT2D eigenvalue weighted by atomic mass is 10.1. The summed E-state index contributed by atoms with van der Waals surface area (Å²) in [6, 6.07) is 3.49. The molecule has 1 heterocycles. The van der Waals surface area contributed by atoms with E-state index in [2.05, 4.69) is 11.9 Å². The second-order valence-corrected chi connectivity index (χ2v) is 5.63. The van der Waals surface area contributed by atoms with E-state index in [1.165, 1.54) is 6.07 Å². The molecule has 1 fully saturated rings. The van der Waals surface area contributed by atoms with Gasteiger partial charge in [0.25, 0.3) is 0 Å². The molecule has 20 heavy (non-hydrogen) atoms. The van der Waals surface area contributed by atoms with E-state index in [9.17, 15) is 13.6 Å². The Hall–Kier alpha value is -1.33. The van der Waals surface area contributed by atoms with Crippen LogP contribution in [0.1, 0.15) is 16.8 Å². The summed E-state index contributed by atoms with van der Waals surface area (Å²) in [4.78, 5) is 16.1. The highest BCUT2D eigenvalue weighted by Gasteiger charge is 2.23. The van der Waals surface area contributed by atoms with E-state index in [0.29, 0.717) is 5.92 Å². The summed E-state index contributed by atoms with van der Waals surface area (Å²) in [6.07, 6.45) is 1.10. The number of likely N-dealkylation sites (N-methyl/N-ethyl adjacent to an activating group) is 1. The van der Waals surface area contributed by atoms with Gasteiger partial charge in [0.05, 0.1) is 12.1 Å². The van der Waals surface area contributed by atoms with Crippen molar-refractivity contribution in [1.29, 1.82) is 0 Å². The van der Waals surface area contributed by atoms with Gasteiger partial charge in [-0.2, -0.15) is 0 Å². The zero-order valence-corrected chi connectivity index (χ0v) is 11.9. The third-order valence-electron chi connectivity index (χ3n) is 3.71. The average Bonchev–Trinajstić information content (AvgIpc) is 2.74. The third-order valence-corrected chi connectivity index (χ3v) is 3.71. The van der Waals surface area contributed by atoms with Crippen LogP contribution in [-0.2, 0) is 0 Å². The summed E-state index contributed by atoms with van der Waals surface area (Å²) in [5.74, 6) is -1.56. The normalized spacial score (nSPS) is 19.8. The van der Waals surface area contributed by atoms with Gasteiger partial charge in [-0.1, -0.05) is 6.07 Å². The van der Waals surface area contributed by atoms with Crippen LogP contribution in [0.5, 0.6) is 0 Å². The Labute approximate surface area is 118 Å². The molecule has 1 aromatic carbocycles. The maximum Gasteiger partial charge on any atom is 0.182 e. The monoisotopic (exact) mass is 282 g/mol. The zero-order chi connectivity index (χ0) is 14.7. The lowest BCUT2D eigenvalue weighted by molar-refractivity contribution is 0.0930. The lowest BCUT2D eigenvalue weighted by Gasteiger charge is -2.20. The van der Waals surface area contributed by atoms with Crippen LogP contribution < -0.4 is 0 Å². The first-order chi connectivity index (χ1) is 9.47. The van der Waals surface area contributed by atoms with Crippen LogP contribution in [0.4, 0.5) is 8.78 Å². The minimum absolute atomic E-state index is 0.0397. The molecule has 1 unspecified atom stereocenters. The first kappa shape index (κ1) is 15.1. The predicted octanol–water partition coefficient (Wildman–Crippen LogP) is 2.03. The van der Waals surface area contributed by atoms with Crippen molar-refractivity contribution in [3.8, 4) is 0 Å². The molecule has 0 saturated carbocycles. The minimum Gasteiger partial charge on any atom is -0.306 e. The van der Waals surface area contributed by atoms with Crippen molar-refractivity contribution >= 4 is 5.78 Å². The van der Waals surface area contributed by atoms with Crippen molar-refractivity contribution < 1.29 is 13.6 Å². The molecule has 110 valence electrons. The summed E-state index contributed by atoms with van der Waals surface area (Å²) in [7, 11) is 3.88. The van der Waals surface area contributed by atoms with Gasteiger partial charge in [-0.25, -0.2) is 8.78 Å². The summed E-state index contributed by atoms with van der Waals surface area (Å²) >= 11 is 0. The van der Waals surface area contributed by atoms with Gasteiger partial charge in [-0.15, -0.1) is 0 Å².